The Kier molecular flexibility index (Phi) is 4.31. The van der Waals surface area contributed by atoms with Crippen molar-refractivity contribution >= 4 is 39.1 Å². The van der Waals surface area contributed by atoms with Gasteiger partial charge in [0.15, 0.2) is 11.5 Å². The van der Waals surface area contributed by atoms with Gasteiger partial charge in [-0.05, 0) is 39.2 Å². The van der Waals surface area contributed by atoms with E-state index in [1.165, 1.54) is 0 Å². The van der Waals surface area contributed by atoms with Crippen molar-refractivity contribution < 1.29 is 9.47 Å². The van der Waals surface area contributed by atoms with E-state index in [4.69, 9.17) is 38.4 Å². The monoisotopic (exact) mass is 387 g/mol. The third-order valence-corrected chi connectivity index (χ3v) is 4.95. The molecule has 0 aromatic heterocycles. The van der Waals surface area contributed by atoms with Crippen LogP contribution in [-0.2, 0) is 0 Å². The summed E-state index contributed by atoms with van der Waals surface area (Å²) in [7, 11) is 0. The van der Waals surface area contributed by atoms with Gasteiger partial charge in [0.25, 0.3) is 0 Å². The molecule has 0 radical (unpaired) electrons. The summed E-state index contributed by atoms with van der Waals surface area (Å²) in [6.07, 6.45) is 0. The molecule has 1 aliphatic heterocycles. The van der Waals surface area contributed by atoms with Gasteiger partial charge in [0.2, 0.25) is 0 Å². The minimum absolute atomic E-state index is 0.446. The van der Waals surface area contributed by atoms with Crippen LogP contribution in [-0.4, -0.2) is 13.2 Å². The molecule has 2 N–H and O–H groups in total. The number of ether oxygens (including phenoxy) is 2. The zero-order valence-corrected chi connectivity index (χ0v) is 14.0. The first-order valence-corrected chi connectivity index (χ1v) is 7.91. The number of rotatable bonds is 2. The van der Waals surface area contributed by atoms with Gasteiger partial charge in [-0.3, -0.25) is 0 Å². The van der Waals surface area contributed by atoms with Crippen LogP contribution in [0.15, 0.2) is 34.8 Å². The Hall–Kier alpha value is -0.940. The van der Waals surface area contributed by atoms with Crippen molar-refractivity contribution in [3.05, 3.63) is 56.0 Å². The smallest absolute Gasteiger partial charge is 0.162 e. The summed E-state index contributed by atoms with van der Waals surface area (Å²) in [6.45, 7) is 1.03. The van der Waals surface area contributed by atoms with Crippen molar-refractivity contribution in [1.29, 1.82) is 0 Å². The summed E-state index contributed by atoms with van der Waals surface area (Å²) < 4.78 is 11.9. The summed E-state index contributed by atoms with van der Waals surface area (Å²) in [4.78, 5) is 0. The molecule has 2 aromatic carbocycles. The Morgan fingerprint density at radius 1 is 1.05 bits per heavy atom. The molecule has 1 atom stereocenters. The van der Waals surface area contributed by atoms with Gasteiger partial charge in [-0.15, -0.1) is 0 Å². The quantitative estimate of drug-likeness (QED) is 0.819. The molecule has 0 spiro atoms. The summed E-state index contributed by atoms with van der Waals surface area (Å²) in [5.41, 5.74) is 7.88. The van der Waals surface area contributed by atoms with E-state index in [1.54, 1.807) is 6.07 Å². The molecular formula is C15H12BrCl2NO2. The Bertz CT molecular complexity index is 694. The predicted octanol–water partition coefficient (Wildman–Crippen LogP) is 4.58. The number of hydrogen-bond acceptors (Lipinski definition) is 3. The second-order valence-corrected chi connectivity index (χ2v) is 6.28. The lowest BCUT2D eigenvalue weighted by atomic mass is 9.99. The van der Waals surface area contributed by atoms with Gasteiger partial charge in [0, 0.05) is 15.6 Å². The van der Waals surface area contributed by atoms with Crippen molar-refractivity contribution in [2.75, 3.05) is 13.2 Å². The molecule has 0 fully saturated rings. The topological polar surface area (TPSA) is 44.5 Å². The Morgan fingerprint density at radius 3 is 2.43 bits per heavy atom. The van der Waals surface area contributed by atoms with Crippen LogP contribution in [0.25, 0.3) is 0 Å². The van der Waals surface area contributed by atoms with Gasteiger partial charge in [-0.25, -0.2) is 0 Å². The van der Waals surface area contributed by atoms with Crippen LogP contribution in [0.1, 0.15) is 17.2 Å². The molecular weight excluding hydrogens is 377 g/mol. The fourth-order valence-corrected chi connectivity index (χ4v) is 3.14. The average molecular weight is 389 g/mol. The molecule has 0 saturated carbocycles. The van der Waals surface area contributed by atoms with Gasteiger partial charge >= 0.3 is 0 Å². The minimum atomic E-state index is -0.446. The zero-order chi connectivity index (χ0) is 15.0. The van der Waals surface area contributed by atoms with Gasteiger partial charge < -0.3 is 15.2 Å². The van der Waals surface area contributed by atoms with E-state index in [2.05, 4.69) is 15.9 Å². The molecule has 3 nitrogen and oxygen atoms in total. The van der Waals surface area contributed by atoms with E-state index in [-0.39, 0.29) is 0 Å². The largest absolute Gasteiger partial charge is 0.486 e. The van der Waals surface area contributed by atoms with Gasteiger partial charge in [0.05, 0.1) is 11.1 Å². The van der Waals surface area contributed by atoms with Crippen LogP contribution in [0.4, 0.5) is 0 Å². The summed E-state index contributed by atoms with van der Waals surface area (Å²) in [5.74, 6) is 1.30. The van der Waals surface area contributed by atoms with Crippen LogP contribution in [0, 0.1) is 0 Å². The molecule has 1 aliphatic rings. The van der Waals surface area contributed by atoms with Crippen LogP contribution >= 0.6 is 39.1 Å². The lowest BCUT2D eigenvalue weighted by Crippen LogP contribution is -2.18. The second kappa shape index (κ2) is 6.05. The second-order valence-electron chi connectivity index (χ2n) is 4.64. The molecule has 110 valence electrons. The fourth-order valence-electron chi connectivity index (χ4n) is 2.25. The number of nitrogens with two attached hydrogens (primary N) is 1. The molecule has 1 unspecified atom stereocenters. The van der Waals surface area contributed by atoms with Gasteiger partial charge in [0.1, 0.15) is 13.2 Å². The van der Waals surface area contributed by atoms with Crippen molar-refractivity contribution in [2.45, 2.75) is 6.04 Å². The number of hydrogen-bond donors (Lipinski definition) is 1. The Labute approximate surface area is 141 Å². The van der Waals surface area contributed by atoms with Crippen molar-refractivity contribution in [2.24, 2.45) is 5.73 Å². The first-order valence-electron chi connectivity index (χ1n) is 6.36. The highest BCUT2D eigenvalue weighted by molar-refractivity contribution is 9.10. The minimum Gasteiger partial charge on any atom is -0.486 e. The molecule has 1 heterocycles. The molecule has 0 bridgehead atoms. The highest BCUT2D eigenvalue weighted by Crippen LogP contribution is 2.40. The van der Waals surface area contributed by atoms with E-state index in [0.29, 0.717) is 34.8 Å². The maximum Gasteiger partial charge on any atom is 0.162 e. The van der Waals surface area contributed by atoms with E-state index in [1.807, 2.05) is 24.3 Å². The van der Waals surface area contributed by atoms with Crippen molar-refractivity contribution in [3.8, 4) is 11.5 Å². The van der Waals surface area contributed by atoms with E-state index >= 15 is 0 Å². The molecule has 0 saturated heterocycles. The number of fused-ring (bicyclic) bond motifs is 1. The first-order chi connectivity index (χ1) is 10.1. The highest BCUT2D eigenvalue weighted by Gasteiger charge is 2.21. The molecule has 0 aliphatic carbocycles. The molecule has 0 amide bonds. The fraction of sp³-hybridized carbons (Fsp3) is 0.200. The lowest BCUT2D eigenvalue weighted by Gasteiger charge is -2.22. The van der Waals surface area contributed by atoms with Crippen LogP contribution in [0.2, 0.25) is 10.0 Å². The normalized spacial score (nSPS) is 14.9. The highest BCUT2D eigenvalue weighted by atomic mass is 79.9. The lowest BCUT2D eigenvalue weighted by molar-refractivity contribution is 0.171. The maximum absolute atomic E-state index is 6.33. The average Bonchev–Trinajstić information content (AvgIpc) is 2.48. The van der Waals surface area contributed by atoms with Crippen molar-refractivity contribution in [1.82, 2.24) is 0 Å². The number of halogens is 3. The SMILES string of the molecule is NC(c1cc2c(cc1Cl)OCCO2)c1cccc(Br)c1Cl. The van der Waals surface area contributed by atoms with E-state index in [0.717, 1.165) is 15.6 Å². The zero-order valence-electron chi connectivity index (χ0n) is 10.9. The third-order valence-electron chi connectivity index (χ3n) is 3.31. The molecule has 3 rings (SSSR count). The Balaban J connectivity index is 2.05. The predicted molar refractivity (Wildman–Crippen MR) is 87.6 cm³/mol. The molecule has 21 heavy (non-hydrogen) atoms. The molecule has 2 aromatic rings. The van der Waals surface area contributed by atoms with E-state index < -0.39 is 6.04 Å². The van der Waals surface area contributed by atoms with E-state index in [9.17, 15) is 0 Å². The summed E-state index contributed by atoms with van der Waals surface area (Å²) in [6, 6.07) is 8.74. The van der Waals surface area contributed by atoms with Crippen LogP contribution in [0.3, 0.4) is 0 Å². The van der Waals surface area contributed by atoms with Crippen molar-refractivity contribution in [3.63, 3.8) is 0 Å². The maximum atomic E-state index is 6.33. The van der Waals surface area contributed by atoms with Crippen LogP contribution < -0.4 is 15.2 Å². The summed E-state index contributed by atoms with van der Waals surface area (Å²) >= 11 is 16.0. The number of benzene rings is 2. The van der Waals surface area contributed by atoms with Crippen LogP contribution in [0.5, 0.6) is 11.5 Å². The van der Waals surface area contributed by atoms with Gasteiger partial charge in [-0.2, -0.15) is 0 Å². The summed E-state index contributed by atoms with van der Waals surface area (Å²) in [5, 5.41) is 1.11. The first kappa shape index (κ1) is 15.0. The standard InChI is InChI=1S/C15H12BrCl2NO2/c16-10-3-1-2-8(14(10)18)15(19)9-6-12-13(7-11(9)17)21-5-4-20-12/h1-3,6-7,15H,4-5,19H2. The third kappa shape index (κ3) is 2.86. The Morgan fingerprint density at radius 2 is 1.71 bits per heavy atom. The molecule has 6 heteroatoms. The van der Waals surface area contributed by atoms with Gasteiger partial charge in [-0.1, -0.05) is 35.3 Å².